The third-order valence-electron chi connectivity index (χ3n) is 2.72. The average molecular weight is 315 g/mol. The minimum absolute atomic E-state index is 0.0971. The molecule has 2 rings (SSSR count). The van der Waals surface area contributed by atoms with E-state index in [1.54, 1.807) is 0 Å². The van der Waals surface area contributed by atoms with E-state index in [0.717, 1.165) is 12.1 Å². The summed E-state index contributed by atoms with van der Waals surface area (Å²) in [5.41, 5.74) is 5.00. The van der Waals surface area contributed by atoms with Crippen molar-refractivity contribution in [1.82, 2.24) is 0 Å². The van der Waals surface area contributed by atoms with Crippen molar-refractivity contribution in [3.05, 3.63) is 58.6 Å². The van der Waals surface area contributed by atoms with Crippen molar-refractivity contribution >= 4 is 28.9 Å². The number of nitrogens with one attached hydrogen (secondary N) is 1. The zero-order valence-corrected chi connectivity index (χ0v) is 11.3. The van der Waals surface area contributed by atoms with Crippen LogP contribution in [-0.2, 0) is 6.18 Å². The van der Waals surface area contributed by atoms with Gasteiger partial charge in [0, 0.05) is 10.7 Å². The van der Waals surface area contributed by atoms with Crippen LogP contribution in [0.5, 0.6) is 0 Å². The number of halogens is 4. The molecule has 21 heavy (non-hydrogen) atoms. The first-order valence-electron chi connectivity index (χ1n) is 5.81. The van der Waals surface area contributed by atoms with Gasteiger partial charge < -0.3 is 11.1 Å². The van der Waals surface area contributed by atoms with Crippen molar-refractivity contribution in [3.8, 4) is 0 Å². The molecule has 0 unspecified atom stereocenters. The second kappa shape index (κ2) is 5.65. The molecule has 2 aromatic rings. The van der Waals surface area contributed by atoms with Gasteiger partial charge in [-0.25, -0.2) is 0 Å². The van der Waals surface area contributed by atoms with Crippen LogP contribution in [0.15, 0.2) is 42.5 Å². The van der Waals surface area contributed by atoms with Crippen molar-refractivity contribution in [2.45, 2.75) is 6.18 Å². The maximum Gasteiger partial charge on any atom is 0.416 e. The minimum atomic E-state index is -4.44. The lowest BCUT2D eigenvalue weighted by atomic mass is 10.1. The second-order valence-electron chi connectivity index (χ2n) is 4.26. The average Bonchev–Trinajstić information content (AvgIpc) is 2.40. The number of carbonyl (C=O) groups excluding carboxylic acids is 1. The number of carbonyl (C=O) groups is 1. The topological polar surface area (TPSA) is 55.1 Å². The van der Waals surface area contributed by atoms with E-state index in [1.807, 2.05) is 0 Å². The first-order chi connectivity index (χ1) is 9.77. The van der Waals surface area contributed by atoms with E-state index in [-0.39, 0.29) is 16.9 Å². The van der Waals surface area contributed by atoms with Gasteiger partial charge in [0.25, 0.3) is 5.91 Å². The zero-order valence-electron chi connectivity index (χ0n) is 10.5. The van der Waals surface area contributed by atoms with Crippen molar-refractivity contribution in [2.75, 3.05) is 5.32 Å². The Kier molecular flexibility index (Phi) is 4.09. The van der Waals surface area contributed by atoms with Gasteiger partial charge in [-0.1, -0.05) is 17.7 Å². The molecule has 2 aromatic carbocycles. The summed E-state index contributed by atoms with van der Waals surface area (Å²) >= 11 is 5.76. The molecule has 0 aliphatic carbocycles. The molecular weight excluding hydrogens is 305 g/mol. The number of rotatable bonds is 3. The van der Waals surface area contributed by atoms with E-state index in [4.69, 9.17) is 17.3 Å². The molecule has 0 aliphatic rings. The second-order valence-corrected chi connectivity index (χ2v) is 4.69. The number of anilines is 2. The Bertz CT molecular complexity index is 686. The lowest BCUT2D eigenvalue weighted by molar-refractivity contribution is -0.137. The number of alkyl halides is 3. The predicted octanol–water partition coefficient (Wildman–Crippen LogP) is 4.20. The highest BCUT2D eigenvalue weighted by Gasteiger charge is 2.30. The predicted molar refractivity (Wildman–Crippen MR) is 74.7 cm³/mol. The summed E-state index contributed by atoms with van der Waals surface area (Å²) in [5, 5.41) is 3.04. The van der Waals surface area contributed by atoms with E-state index < -0.39 is 17.6 Å². The summed E-state index contributed by atoms with van der Waals surface area (Å²) in [5.74, 6) is -0.730. The van der Waals surface area contributed by atoms with Gasteiger partial charge >= 0.3 is 6.18 Å². The van der Waals surface area contributed by atoms with Gasteiger partial charge in [0.1, 0.15) is 0 Å². The van der Waals surface area contributed by atoms with Crippen molar-refractivity contribution < 1.29 is 18.0 Å². The molecule has 0 aromatic heterocycles. The molecule has 7 heteroatoms. The summed E-state index contributed by atoms with van der Waals surface area (Å²) < 4.78 is 37.9. The summed E-state index contributed by atoms with van der Waals surface area (Å²) in [6.07, 6.45) is -4.44. The molecule has 0 heterocycles. The number of primary amides is 1. The first kappa shape index (κ1) is 15.2. The molecule has 0 spiro atoms. The molecule has 0 atom stereocenters. The molecular formula is C14H10ClF3N2O. The third kappa shape index (κ3) is 3.66. The Balaban J connectivity index is 2.37. The van der Waals surface area contributed by atoms with Crippen molar-refractivity contribution in [2.24, 2.45) is 5.73 Å². The van der Waals surface area contributed by atoms with E-state index in [1.165, 1.54) is 30.3 Å². The lowest BCUT2D eigenvalue weighted by Crippen LogP contribution is -2.13. The van der Waals surface area contributed by atoms with Crippen LogP contribution in [0.2, 0.25) is 5.02 Å². The molecule has 0 fully saturated rings. The molecule has 0 saturated heterocycles. The zero-order chi connectivity index (χ0) is 15.6. The summed E-state index contributed by atoms with van der Waals surface area (Å²) in [7, 11) is 0. The molecule has 0 bridgehead atoms. The van der Waals surface area contributed by atoms with Crippen LogP contribution in [0.3, 0.4) is 0 Å². The van der Waals surface area contributed by atoms with Crippen LogP contribution in [0, 0.1) is 0 Å². The van der Waals surface area contributed by atoms with Gasteiger partial charge in [0.2, 0.25) is 0 Å². The molecule has 0 saturated carbocycles. The summed E-state index contributed by atoms with van der Waals surface area (Å²) in [6, 6.07) is 8.95. The Hall–Kier alpha value is -2.21. The lowest BCUT2D eigenvalue weighted by Gasteiger charge is -2.13. The molecule has 1 amide bonds. The number of nitrogens with two attached hydrogens (primary N) is 1. The largest absolute Gasteiger partial charge is 0.416 e. The standard InChI is InChI=1S/C14H10ClF3N2O/c15-9-4-5-12(11(7-9)13(19)21)20-10-3-1-2-8(6-10)14(16,17)18/h1-7,20H,(H2,19,21). The summed E-state index contributed by atoms with van der Waals surface area (Å²) in [4.78, 5) is 11.3. The SMILES string of the molecule is NC(=O)c1cc(Cl)ccc1Nc1cccc(C(F)(F)F)c1. The molecule has 0 radical (unpaired) electrons. The van der Waals surface area contributed by atoms with Crippen LogP contribution in [0.4, 0.5) is 24.5 Å². The van der Waals surface area contributed by atoms with E-state index >= 15 is 0 Å². The maximum absolute atomic E-state index is 12.6. The quantitative estimate of drug-likeness (QED) is 0.892. The fourth-order valence-electron chi connectivity index (χ4n) is 1.76. The summed E-state index contributed by atoms with van der Waals surface area (Å²) in [6.45, 7) is 0. The van der Waals surface area contributed by atoms with E-state index in [2.05, 4.69) is 5.32 Å². The van der Waals surface area contributed by atoms with Gasteiger partial charge in [-0.15, -0.1) is 0 Å². The van der Waals surface area contributed by atoms with Crippen LogP contribution in [0.1, 0.15) is 15.9 Å². The Morgan fingerprint density at radius 3 is 2.48 bits per heavy atom. The fourth-order valence-corrected chi connectivity index (χ4v) is 1.93. The number of hydrogen-bond donors (Lipinski definition) is 2. The number of hydrogen-bond acceptors (Lipinski definition) is 2. The first-order valence-corrected chi connectivity index (χ1v) is 6.19. The highest BCUT2D eigenvalue weighted by molar-refractivity contribution is 6.31. The van der Waals surface area contributed by atoms with Gasteiger partial charge in [-0.3, -0.25) is 4.79 Å². The maximum atomic E-state index is 12.6. The molecule has 110 valence electrons. The molecule has 3 nitrogen and oxygen atoms in total. The number of amides is 1. The molecule has 0 aliphatic heterocycles. The van der Waals surface area contributed by atoms with Gasteiger partial charge in [0.05, 0.1) is 16.8 Å². The molecule has 3 N–H and O–H groups in total. The number of benzene rings is 2. The van der Waals surface area contributed by atoms with Crippen molar-refractivity contribution in [3.63, 3.8) is 0 Å². The Labute approximate surface area is 123 Å². The fraction of sp³-hybridized carbons (Fsp3) is 0.0714. The monoisotopic (exact) mass is 314 g/mol. The van der Waals surface area contributed by atoms with Crippen LogP contribution < -0.4 is 11.1 Å². The van der Waals surface area contributed by atoms with Crippen LogP contribution in [0.25, 0.3) is 0 Å². The van der Waals surface area contributed by atoms with Gasteiger partial charge in [-0.05, 0) is 36.4 Å². The van der Waals surface area contributed by atoms with Crippen LogP contribution >= 0.6 is 11.6 Å². The van der Waals surface area contributed by atoms with E-state index in [0.29, 0.717) is 5.02 Å². The van der Waals surface area contributed by atoms with Crippen LogP contribution in [-0.4, -0.2) is 5.91 Å². The Morgan fingerprint density at radius 2 is 1.86 bits per heavy atom. The smallest absolute Gasteiger partial charge is 0.366 e. The third-order valence-corrected chi connectivity index (χ3v) is 2.95. The van der Waals surface area contributed by atoms with Gasteiger partial charge in [0.15, 0.2) is 0 Å². The van der Waals surface area contributed by atoms with E-state index in [9.17, 15) is 18.0 Å². The van der Waals surface area contributed by atoms with Crippen molar-refractivity contribution in [1.29, 1.82) is 0 Å². The minimum Gasteiger partial charge on any atom is -0.366 e. The Morgan fingerprint density at radius 1 is 1.14 bits per heavy atom. The highest BCUT2D eigenvalue weighted by atomic mass is 35.5. The van der Waals surface area contributed by atoms with Gasteiger partial charge in [-0.2, -0.15) is 13.2 Å². The highest BCUT2D eigenvalue weighted by Crippen LogP contribution is 2.32. The normalized spacial score (nSPS) is 11.2.